The van der Waals surface area contributed by atoms with Gasteiger partial charge in [0.05, 0.1) is 18.8 Å². The van der Waals surface area contributed by atoms with Crippen LogP contribution in [0.15, 0.2) is 29.6 Å². The zero-order valence-corrected chi connectivity index (χ0v) is 13.2. The topological polar surface area (TPSA) is 71.5 Å². The highest BCUT2D eigenvalue weighted by atomic mass is 32.1. The Labute approximate surface area is 133 Å². The highest BCUT2D eigenvalue weighted by Crippen LogP contribution is 2.25. The second-order valence-electron chi connectivity index (χ2n) is 5.57. The minimum absolute atomic E-state index is 0.121. The van der Waals surface area contributed by atoms with E-state index < -0.39 is 5.54 Å². The van der Waals surface area contributed by atoms with Crippen LogP contribution in [0.4, 0.5) is 0 Å². The van der Waals surface area contributed by atoms with Crippen LogP contribution >= 0.6 is 11.3 Å². The van der Waals surface area contributed by atoms with Crippen molar-refractivity contribution in [3.05, 3.63) is 40.9 Å². The number of aliphatic hydroxyl groups excluding tert-OH is 1. The van der Waals surface area contributed by atoms with E-state index in [0.717, 1.165) is 16.3 Å². The Kier molecular flexibility index (Phi) is 4.24. The first-order valence-electron chi connectivity index (χ1n) is 7.16. The lowest BCUT2D eigenvalue weighted by Gasteiger charge is -2.26. The molecule has 1 aliphatic heterocycles. The standard InChI is InChI=1S/C16H18N2O3S/c1-11-8-22-15(17-11)13-4-2-3-12(7-13)14(20)18-16(9-19)5-6-21-10-16/h2-4,7-8,19H,5-6,9-10H2,1H3,(H,18,20). The molecule has 1 unspecified atom stereocenters. The van der Waals surface area contributed by atoms with Gasteiger partial charge in [0.2, 0.25) is 0 Å². The van der Waals surface area contributed by atoms with Gasteiger partial charge in [-0.3, -0.25) is 4.79 Å². The first-order valence-corrected chi connectivity index (χ1v) is 8.04. The molecule has 1 aromatic carbocycles. The Morgan fingerprint density at radius 1 is 1.55 bits per heavy atom. The largest absolute Gasteiger partial charge is 0.394 e. The van der Waals surface area contributed by atoms with Crippen LogP contribution in [0, 0.1) is 6.92 Å². The SMILES string of the molecule is Cc1csc(-c2cccc(C(=O)NC3(CO)CCOC3)c2)n1. The van der Waals surface area contributed by atoms with Gasteiger partial charge in [-0.05, 0) is 25.5 Å². The molecule has 6 heteroatoms. The number of nitrogens with zero attached hydrogens (tertiary/aromatic N) is 1. The van der Waals surface area contributed by atoms with Crippen molar-refractivity contribution in [3.8, 4) is 10.6 Å². The Morgan fingerprint density at radius 2 is 2.41 bits per heavy atom. The van der Waals surface area contributed by atoms with Gasteiger partial charge in [-0.25, -0.2) is 4.98 Å². The van der Waals surface area contributed by atoms with Crippen LogP contribution in [0.2, 0.25) is 0 Å². The predicted octanol–water partition coefficient (Wildman–Crippen LogP) is 2.00. The van der Waals surface area contributed by atoms with Crippen LogP contribution in [-0.4, -0.2) is 41.4 Å². The van der Waals surface area contributed by atoms with E-state index in [1.165, 1.54) is 0 Å². The van der Waals surface area contributed by atoms with Crippen molar-refractivity contribution in [1.82, 2.24) is 10.3 Å². The summed E-state index contributed by atoms with van der Waals surface area (Å²) in [6.07, 6.45) is 0.626. The zero-order valence-electron chi connectivity index (χ0n) is 12.3. The smallest absolute Gasteiger partial charge is 0.251 e. The third-order valence-electron chi connectivity index (χ3n) is 3.78. The van der Waals surface area contributed by atoms with Gasteiger partial charge in [0, 0.05) is 28.8 Å². The van der Waals surface area contributed by atoms with Gasteiger partial charge < -0.3 is 15.2 Å². The van der Waals surface area contributed by atoms with Crippen molar-refractivity contribution in [2.45, 2.75) is 18.9 Å². The summed E-state index contributed by atoms with van der Waals surface area (Å²) in [7, 11) is 0. The quantitative estimate of drug-likeness (QED) is 0.904. The molecule has 0 saturated carbocycles. The van der Waals surface area contributed by atoms with Gasteiger partial charge >= 0.3 is 0 Å². The molecule has 1 atom stereocenters. The van der Waals surface area contributed by atoms with Crippen molar-refractivity contribution < 1.29 is 14.6 Å². The molecule has 0 bridgehead atoms. The summed E-state index contributed by atoms with van der Waals surface area (Å²) in [6.45, 7) is 2.73. The number of aryl methyl sites for hydroxylation is 1. The number of carbonyl (C=O) groups is 1. The third kappa shape index (κ3) is 3.04. The number of aliphatic hydroxyl groups is 1. The third-order valence-corrected chi connectivity index (χ3v) is 4.78. The van der Waals surface area contributed by atoms with E-state index >= 15 is 0 Å². The van der Waals surface area contributed by atoms with Gasteiger partial charge in [-0.15, -0.1) is 11.3 Å². The number of hydrogen-bond donors (Lipinski definition) is 2. The number of benzene rings is 1. The molecule has 5 nitrogen and oxygen atoms in total. The van der Waals surface area contributed by atoms with Gasteiger partial charge in [0.1, 0.15) is 5.01 Å². The molecule has 1 saturated heterocycles. The molecule has 1 fully saturated rings. The highest BCUT2D eigenvalue weighted by molar-refractivity contribution is 7.13. The summed E-state index contributed by atoms with van der Waals surface area (Å²) in [5.41, 5.74) is 1.79. The van der Waals surface area contributed by atoms with Gasteiger partial charge in [0.15, 0.2) is 0 Å². The number of carbonyl (C=O) groups excluding carboxylic acids is 1. The number of aromatic nitrogens is 1. The van der Waals surface area contributed by atoms with E-state index in [1.54, 1.807) is 17.4 Å². The van der Waals surface area contributed by atoms with Crippen molar-refractivity contribution in [1.29, 1.82) is 0 Å². The van der Waals surface area contributed by atoms with E-state index in [1.807, 2.05) is 30.5 Å². The number of rotatable bonds is 4. The minimum Gasteiger partial charge on any atom is -0.394 e. The molecule has 2 N–H and O–H groups in total. The molecule has 22 heavy (non-hydrogen) atoms. The number of nitrogens with one attached hydrogen (secondary N) is 1. The molecule has 0 radical (unpaired) electrons. The molecular formula is C16H18N2O3S. The van der Waals surface area contributed by atoms with Crippen LogP contribution in [0.3, 0.4) is 0 Å². The average Bonchev–Trinajstić information content (AvgIpc) is 3.17. The van der Waals surface area contributed by atoms with Crippen LogP contribution in [0.1, 0.15) is 22.5 Å². The second-order valence-corrected chi connectivity index (χ2v) is 6.43. The number of ether oxygens (including phenoxy) is 1. The number of amides is 1. The summed E-state index contributed by atoms with van der Waals surface area (Å²) >= 11 is 1.56. The highest BCUT2D eigenvalue weighted by Gasteiger charge is 2.36. The lowest BCUT2D eigenvalue weighted by atomic mass is 9.99. The molecule has 2 aromatic rings. The summed E-state index contributed by atoms with van der Waals surface area (Å²) in [6, 6.07) is 7.38. The van der Waals surface area contributed by atoms with E-state index in [2.05, 4.69) is 10.3 Å². The molecule has 1 aliphatic rings. The van der Waals surface area contributed by atoms with Crippen LogP contribution < -0.4 is 5.32 Å². The maximum atomic E-state index is 12.5. The lowest BCUT2D eigenvalue weighted by molar-refractivity contribution is 0.0789. The molecule has 0 spiro atoms. The molecule has 1 amide bonds. The monoisotopic (exact) mass is 318 g/mol. The minimum atomic E-state index is -0.662. The number of hydrogen-bond acceptors (Lipinski definition) is 5. The van der Waals surface area contributed by atoms with E-state index in [9.17, 15) is 9.90 Å². The Hall–Kier alpha value is -1.76. The molecule has 0 aliphatic carbocycles. The summed E-state index contributed by atoms with van der Waals surface area (Å²) < 4.78 is 5.30. The fourth-order valence-corrected chi connectivity index (χ4v) is 3.26. The van der Waals surface area contributed by atoms with E-state index in [-0.39, 0.29) is 12.5 Å². The van der Waals surface area contributed by atoms with Gasteiger partial charge in [-0.1, -0.05) is 12.1 Å². The van der Waals surface area contributed by atoms with E-state index in [4.69, 9.17) is 4.74 Å². The van der Waals surface area contributed by atoms with Crippen molar-refractivity contribution in [2.75, 3.05) is 19.8 Å². The fourth-order valence-electron chi connectivity index (χ4n) is 2.46. The van der Waals surface area contributed by atoms with E-state index in [0.29, 0.717) is 25.2 Å². The first kappa shape index (κ1) is 15.1. The average molecular weight is 318 g/mol. The predicted molar refractivity (Wildman–Crippen MR) is 85.0 cm³/mol. The summed E-state index contributed by atoms with van der Waals surface area (Å²) in [4.78, 5) is 16.9. The lowest BCUT2D eigenvalue weighted by Crippen LogP contribution is -2.51. The fraction of sp³-hybridized carbons (Fsp3) is 0.375. The Morgan fingerprint density at radius 3 is 3.05 bits per heavy atom. The van der Waals surface area contributed by atoms with Crippen molar-refractivity contribution >= 4 is 17.2 Å². The van der Waals surface area contributed by atoms with Gasteiger partial charge in [0.25, 0.3) is 5.91 Å². The second kappa shape index (κ2) is 6.16. The summed E-state index contributed by atoms with van der Waals surface area (Å²) in [5.74, 6) is -0.199. The zero-order chi connectivity index (χ0) is 15.6. The Bertz CT molecular complexity index is 678. The molecular weight excluding hydrogens is 300 g/mol. The van der Waals surface area contributed by atoms with Crippen molar-refractivity contribution in [2.24, 2.45) is 0 Å². The summed E-state index contributed by atoms with van der Waals surface area (Å²) in [5, 5.41) is 15.3. The number of thiazole rings is 1. The first-order chi connectivity index (χ1) is 10.6. The van der Waals surface area contributed by atoms with Crippen LogP contribution in [-0.2, 0) is 4.74 Å². The maximum absolute atomic E-state index is 12.5. The van der Waals surface area contributed by atoms with Crippen LogP contribution in [0.25, 0.3) is 10.6 Å². The molecule has 116 valence electrons. The van der Waals surface area contributed by atoms with Crippen LogP contribution in [0.5, 0.6) is 0 Å². The van der Waals surface area contributed by atoms with Gasteiger partial charge in [-0.2, -0.15) is 0 Å². The molecule has 3 rings (SSSR count). The van der Waals surface area contributed by atoms with Crippen molar-refractivity contribution in [3.63, 3.8) is 0 Å². The Balaban J connectivity index is 1.81. The molecule has 1 aromatic heterocycles. The normalized spacial score (nSPS) is 21.0. The maximum Gasteiger partial charge on any atom is 0.251 e. The molecule has 2 heterocycles.